The molecule has 22 heteroatoms. The first-order chi connectivity index (χ1) is 55.2. The minimum Gasteiger partial charge on any atom is -0.460 e. The third kappa shape index (κ3) is 30.7. The zero-order chi connectivity index (χ0) is 84.2. The Hall–Kier alpha value is -3.58. The van der Waals surface area contributed by atoms with Gasteiger partial charge in [0.25, 0.3) is 0 Å². The van der Waals surface area contributed by atoms with Gasteiger partial charge in [-0.2, -0.15) is 50.2 Å². The van der Waals surface area contributed by atoms with E-state index in [9.17, 15) is 0 Å². The largest absolute Gasteiger partial charge is 0.460 e. The van der Waals surface area contributed by atoms with Gasteiger partial charge in [0.05, 0.1) is 39.6 Å². The van der Waals surface area contributed by atoms with E-state index in [0.717, 1.165) is 168 Å². The van der Waals surface area contributed by atoms with E-state index >= 15 is 0 Å². The summed E-state index contributed by atoms with van der Waals surface area (Å²) in [5, 5.41) is 17.5. The van der Waals surface area contributed by atoms with Crippen molar-refractivity contribution in [3.63, 3.8) is 0 Å². The predicted octanol–water partition coefficient (Wildman–Crippen LogP) is 22.4. The maximum atomic E-state index is 6.94. The highest BCUT2D eigenvalue weighted by molar-refractivity contribution is 5.43. The van der Waals surface area contributed by atoms with Gasteiger partial charge in [-0.15, -0.1) is 0 Å². The van der Waals surface area contributed by atoms with Crippen molar-refractivity contribution in [2.24, 2.45) is 11.8 Å². The van der Waals surface area contributed by atoms with Crippen molar-refractivity contribution in [3.05, 3.63) is 0 Å². The van der Waals surface area contributed by atoms with Crippen molar-refractivity contribution in [1.29, 1.82) is 0 Å². The van der Waals surface area contributed by atoms with Crippen LogP contribution in [0.5, 0.6) is 12.0 Å². The summed E-state index contributed by atoms with van der Waals surface area (Å²) in [6.45, 7) is 58.4. The number of hydrogen-bond donors (Lipinski definition) is 2. The second kappa shape index (κ2) is 46.8. The number of epoxide rings is 2. The molecule has 6 fully saturated rings. The van der Waals surface area contributed by atoms with E-state index in [-0.39, 0.29) is 80.7 Å². The number of unbranched alkanes of at least 4 members (excludes halogenated alkanes) is 23. The number of hydroxylamine groups is 8. The molecular weight excluding hydrogens is 1450 g/mol. The van der Waals surface area contributed by atoms with Gasteiger partial charge in [-0.3, -0.25) is 19.4 Å². The molecule has 0 spiro atoms. The molecule has 116 heavy (non-hydrogen) atoms. The van der Waals surface area contributed by atoms with E-state index in [2.05, 4.69) is 193 Å². The van der Waals surface area contributed by atoms with Crippen LogP contribution in [0.4, 0.5) is 23.8 Å². The minimum absolute atomic E-state index is 0.0329. The zero-order valence-corrected chi connectivity index (χ0v) is 78.6. The fourth-order valence-corrected chi connectivity index (χ4v) is 21.1. The maximum absolute atomic E-state index is 6.94. The second-order valence-corrected chi connectivity index (χ2v) is 41.4. The summed E-state index contributed by atoms with van der Waals surface area (Å²) in [6, 6.07) is 1.09. The molecule has 2 aromatic heterocycles. The van der Waals surface area contributed by atoms with Crippen molar-refractivity contribution in [2.45, 2.75) is 490 Å². The van der Waals surface area contributed by atoms with Crippen LogP contribution in [0.3, 0.4) is 0 Å². The fourth-order valence-electron chi connectivity index (χ4n) is 21.1. The Bertz CT molecular complexity index is 2800. The highest BCUT2D eigenvalue weighted by atomic mass is 16.7. The Morgan fingerprint density at radius 1 is 0.328 bits per heavy atom. The number of hydrogen-bond acceptors (Lipinski definition) is 22. The van der Waals surface area contributed by atoms with Crippen LogP contribution in [-0.4, -0.2) is 197 Å². The van der Waals surface area contributed by atoms with Crippen molar-refractivity contribution in [2.75, 3.05) is 86.4 Å². The van der Waals surface area contributed by atoms with Crippen LogP contribution in [0.15, 0.2) is 0 Å². The summed E-state index contributed by atoms with van der Waals surface area (Å²) in [4.78, 5) is 64.8. The molecule has 4 atom stereocenters. The van der Waals surface area contributed by atoms with Crippen LogP contribution in [-0.2, 0) is 28.8 Å². The molecule has 4 unspecified atom stereocenters. The summed E-state index contributed by atoms with van der Waals surface area (Å²) in [6.07, 6.45) is 44.9. The van der Waals surface area contributed by atoms with Crippen LogP contribution in [0.2, 0.25) is 0 Å². The molecule has 6 aliphatic heterocycles. The first-order valence-corrected chi connectivity index (χ1v) is 48.0. The third-order valence-corrected chi connectivity index (χ3v) is 26.0. The Labute approximate surface area is 708 Å². The van der Waals surface area contributed by atoms with Crippen LogP contribution in [0, 0.1) is 11.8 Å². The molecule has 8 heterocycles. The van der Waals surface area contributed by atoms with Gasteiger partial charge in [0, 0.05) is 81.6 Å². The molecule has 22 nitrogen and oxygen atoms in total. The van der Waals surface area contributed by atoms with Gasteiger partial charge in [-0.1, -0.05) is 196 Å². The highest BCUT2D eigenvalue weighted by Crippen LogP contribution is 2.48. The smallest absolute Gasteiger partial charge is 0.323 e. The van der Waals surface area contributed by atoms with E-state index in [1.54, 1.807) is 0 Å². The molecule has 0 bridgehead atoms. The fraction of sp³-hybridized carbons (Fsp3) is 0.936. The van der Waals surface area contributed by atoms with E-state index in [1.165, 1.54) is 128 Å². The second-order valence-electron chi connectivity index (χ2n) is 41.4. The molecule has 8 rings (SSSR count). The molecule has 670 valence electrons. The standard InChI is InChI=1S/C94H176N14O8/c1-23-29-33-37-43-49-57-113-105-87(7,8)61-73(62-88(105,9)10)79(53-27-5)95-81-97-83(101-85(99-81)111-71-77-69-109-77)103(75-65-91(15,16)107(92(17,18)66-75)115-59-51-45-39-35-31-25-3)55-47-41-42-48-56-104(76-67-93(19,20)108(94(21,22)68-76)116-60-52-46-40-36-32-26-4)84-98-82(100-86(102-84)112-72-78-70-110-78)96-80(54-28-6)74-63-89(11,12)106(90(13,14)64-74)114-58-50-44-38-34-30-24-2/h73-80H,23-72H2,1-22H3,(H,95,97,99,101)(H,96,98,100,102). The minimum atomic E-state index is -0.295. The van der Waals surface area contributed by atoms with Crippen LogP contribution >= 0.6 is 0 Å². The van der Waals surface area contributed by atoms with Gasteiger partial charge in [0.15, 0.2) is 0 Å². The number of nitrogens with zero attached hydrogens (tertiary/aromatic N) is 12. The Morgan fingerprint density at radius 3 is 0.836 bits per heavy atom. The first-order valence-electron chi connectivity index (χ1n) is 48.0. The molecule has 6 saturated heterocycles. The summed E-state index contributed by atoms with van der Waals surface area (Å²) < 4.78 is 24.7. The number of nitrogens with one attached hydrogen (secondary N) is 2. The molecule has 0 saturated carbocycles. The molecule has 6 aliphatic rings. The monoisotopic (exact) mass is 1630 g/mol. The normalized spacial score (nSPS) is 22.7. The van der Waals surface area contributed by atoms with Gasteiger partial charge in [-0.05, 0) is 225 Å². The topological polar surface area (TPSA) is 201 Å². The van der Waals surface area contributed by atoms with Gasteiger partial charge in [0.1, 0.15) is 25.4 Å². The molecule has 0 aliphatic carbocycles. The lowest BCUT2D eigenvalue weighted by molar-refractivity contribution is -0.289. The van der Waals surface area contributed by atoms with Crippen LogP contribution in [0.25, 0.3) is 0 Å². The van der Waals surface area contributed by atoms with Gasteiger partial charge < -0.3 is 39.4 Å². The number of aromatic nitrogens is 6. The Morgan fingerprint density at radius 2 is 0.578 bits per heavy atom. The molecule has 2 N–H and O–H groups in total. The van der Waals surface area contributed by atoms with Gasteiger partial charge in [-0.25, -0.2) is 0 Å². The number of rotatable bonds is 59. The lowest BCUT2D eigenvalue weighted by atomic mass is 9.71. The van der Waals surface area contributed by atoms with E-state index in [1.807, 2.05) is 0 Å². The van der Waals surface area contributed by atoms with Gasteiger partial charge in [0.2, 0.25) is 23.8 Å². The number of anilines is 4. The lowest BCUT2D eigenvalue weighted by Crippen LogP contribution is -2.64. The molecule has 2 aromatic rings. The highest BCUT2D eigenvalue weighted by Gasteiger charge is 2.53. The van der Waals surface area contributed by atoms with Crippen LogP contribution < -0.4 is 29.9 Å². The average Bonchev–Trinajstić information content (AvgIpc) is 1.55. The zero-order valence-electron chi connectivity index (χ0n) is 78.6. The Balaban J connectivity index is 1.08. The Kier molecular flexibility index (Phi) is 39.5. The van der Waals surface area contributed by atoms with Gasteiger partial charge >= 0.3 is 12.0 Å². The maximum Gasteiger partial charge on any atom is 0.323 e. The van der Waals surface area contributed by atoms with E-state index in [4.69, 9.17) is 68.2 Å². The molecule has 0 aromatic carbocycles. The van der Waals surface area contributed by atoms with Crippen LogP contribution in [0.1, 0.15) is 409 Å². The molecule has 0 amide bonds. The number of piperidine rings is 4. The van der Waals surface area contributed by atoms with Crippen molar-refractivity contribution >= 4 is 23.8 Å². The van der Waals surface area contributed by atoms with E-state index in [0.29, 0.717) is 74.1 Å². The SMILES string of the molecule is CCCCCCCCON1C(C)(C)CC(C(CCC)Nc2nc(OCC3CO3)nc(N(CCCCCCN(c3nc(NC(CCC)C4CC(C)(C)N(OCCCCCCCC)C(C)(C)C4)nc(OCC4CO4)n3)C3CC(C)(C)N(OCCCCCCCC)C(C)(C)C3)C3CC(C)(C)N(OCCCCCCCC)C(C)(C)C3)n2)CC1(C)C. The summed E-state index contributed by atoms with van der Waals surface area (Å²) >= 11 is 0. The first kappa shape index (κ1) is 97.9. The van der Waals surface area contributed by atoms with Crippen molar-refractivity contribution in [3.8, 4) is 12.0 Å². The summed E-state index contributed by atoms with van der Waals surface area (Å²) in [5.74, 6) is 3.16. The van der Waals surface area contributed by atoms with Crippen molar-refractivity contribution in [1.82, 2.24) is 50.2 Å². The summed E-state index contributed by atoms with van der Waals surface area (Å²) in [5.41, 5.74) is -1.93. The summed E-state index contributed by atoms with van der Waals surface area (Å²) in [7, 11) is 0. The molecular formula is C94H176N14O8. The third-order valence-electron chi connectivity index (χ3n) is 26.0. The quantitative estimate of drug-likeness (QED) is 0.0467. The average molecular weight is 1630 g/mol. The predicted molar refractivity (Wildman–Crippen MR) is 477 cm³/mol. The van der Waals surface area contributed by atoms with Crippen molar-refractivity contribution < 1.29 is 38.3 Å². The van der Waals surface area contributed by atoms with E-state index < -0.39 is 0 Å². The number of ether oxygens (including phenoxy) is 4. The lowest BCUT2D eigenvalue weighted by Gasteiger charge is -2.55. The molecule has 0 radical (unpaired) electrons.